The number of nitrogens with one attached hydrogen (secondary N) is 2. The fourth-order valence-electron chi connectivity index (χ4n) is 2.10. The molecule has 6 nitrogen and oxygen atoms in total. The largest absolute Gasteiger partial charge is 0.418 e. The molecule has 0 saturated carbocycles. The molecule has 1 heterocycles. The minimum atomic E-state index is -0.796. The summed E-state index contributed by atoms with van der Waals surface area (Å²) in [6.07, 6.45) is -0.796. The summed E-state index contributed by atoms with van der Waals surface area (Å²) in [6, 6.07) is 11.9. The molecule has 0 unspecified atom stereocenters. The number of carbonyl (C=O) groups excluding carboxylic acids is 1. The predicted molar refractivity (Wildman–Crippen MR) is 88.2 cm³/mol. The van der Waals surface area contributed by atoms with E-state index in [0.29, 0.717) is 21.6 Å². The van der Waals surface area contributed by atoms with Crippen molar-refractivity contribution in [2.24, 2.45) is 0 Å². The molecule has 0 bridgehead atoms. The number of fused-ring (bicyclic) bond motifs is 1. The molecular weight excluding hydrogens is 318 g/mol. The first-order chi connectivity index (χ1) is 11.0. The topological polar surface area (TPSA) is 84.1 Å². The summed E-state index contributed by atoms with van der Waals surface area (Å²) in [6.45, 7) is 1.90. The monoisotopic (exact) mass is 329 g/mol. The van der Waals surface area contributed by atoms with Crippen molar-refractivity contribution in [3.8, 4) is 5.88 Å². The van der Waals surface area contributed by atoms with Gasteiger partial charge in [-0.25, -0.2) is 4.79 Å². The molecule has 2 N–H and O–H groups in total. The average molecular weight is 330 g/mol. The molecule has 0 aliphatic heterocycles. The predicted octanol–water partition coefficient (Wildman–Crippen LogP) is 3.50. The van der Waals surface area contributed by atoms with Gasteiger partial charge in [0.05, 0.1) is 10.9 Å². The molecule has 23 heavy (non-hydrogen) atoms. The molecular formula is C16H12ClN3O3. The van der Waals surface area contributed by atoms with Crippen LogP contribution in [0.3, 0.4) is 0 Å². The van der Waals surface area contributed by atoms with Crippen LogP contribution in [-0.2, 0) is 0 Å². The van der Waals surface area contributed by atoms with Gasteiger partial charge in [-0.1, -0.05) is 23.7 Å². The highest BCUT2D eigenvalue weighted by Gasteiger charge is 2.13. The Bertz CT molecular complexity index is 953. The van der Waals surface area contributed by atoms with E-state index in [1.807, 2.05) is 13.0 Å². The van der Waals surface area contributed by atoms with Crippen LogP contribution in [0.15, 0.2) is 47.3 Å². The zero-order chi connectivity index (χ0) is 16.4. The Kier molecular flexibility index (Phi) is 3.99. The second kappa shape index (κ2) is 6.10. The third-order valence-electron chi connectivity index (χ3n) is 3.15. The standard InChI is InChI=1S/C16H12ClN3O3/c1-9-3-2-4-11(7-9)18-16(22)23-15-14(21)12-8-10(17)5-6-13(12)19-20-15/h2-8H,1H3,(H,18,22)(H,19,21). The third-order valence-corrected chi connectivity index (χ3v) is 3.39. The van der Waals surface area contributed by atoms with Crippen LogP contribution in [0.5, 0.6) is 5.88 Å². The molecule has 1 amide bonds. The Morgan fingerprint density at radius 2 is 2.09 bits per heavy atom. The zero-order valence-electron chi connectivity index (χ0n) is 12.1. The number of nitrogens with zero attached hydrogens (tertiary/aromatic N) is 1. The van der Waals surface area contributed by atoms with Gasteiger partial charge in [-0.2, -0.15) is 0 Å². The quantitative estimate of drug-likeness (QED) is 0.753. The van der Waals surface area contributed by atoms with Crippen LogP contribution in [0.1, 0.15) is 5.56 Å². The van der Waals surface area contributed by atoms with Crippen LogP contribution in [0, 0.1) is 6.92 Å². The molecule has 7 heteroatoms. The van der Waals surface area contributed by atoms with E-state index < -0.39 is 11.5 Å². The molecule has 0 saturated heterocycles. The summed E-state index contributed by atoms with van der Waals surface area (Å²) in [5.74, 6) is -0.343. The first-order valence-corrected chi connectivity index (χ1v) is 7.14. The van der Waals surface area contributed by atoms with Gasteiger partial charge in [0.25, 0.3) is 11.3 Å². The van der Waals surface area contributed by atoms with E-state index in [9.17, 15) is 9.59 Å². The number of H-pyrrole nitrogens is 1. The summed E-state index contributed by atoms with van der Waals surface area (Å²) in [4.78, 5) is 24.2. The van der Waals surface area contributed by atoms with Crippen LogP contribution in [0.2, 0.25) is 5.02 Å². The maximum Gasteiger partial charge on any atom is 0.418 e. The number of aryl methyl sites for hydroxylation is 1. The normalized spacial score (nSPS) is 10.5. The van der Waals surface area contributed by atoms with Crippen LogP contribution in [0.25, 0.3) is 10.9 Å². The van der Waals surface area contributed by atoms with E-state index >= 15 is 0 Å². The highest BCUT2D eigenvalue weighted by molar-refractivity contribution is 6.31. The Hall–Kier alpha value is -2.86. The molecule has 1 aromatic heterocycles. The van der Waals surface area contributed by atoms with E-state index in [1.165, 1.54) is 6.07 Å². The minimum Gasteiger partial charge on any atom is -0.385 e. The van der Waals surface area contributed by atoms with Gasteiger partial charge in [0.1, 0.15) is 0 Å². The number of rotatable bonds is 2. The highest BCUT2D eigenvalue weighted by atomic mass is 35.5. The van der Waals surface area contributed by atoms with Crippen molar-refractivity contribution in [2.45, 2.75) is 6.92 Å². The van der Waals surface area contributed by atoms with Gasteiger partial charge < -0.3 is 4.74 Å². The number of benzene rings is 2. The number of hydrogen-bond donors (Lipinski definition) is 2. The van der Waals surface area contributed by atoms with Gasteiger partial charge in [-0.15, -0.1) is 5.10 Å². The number of carbonyl (C=O) groups is 1. The van der Waals surface area contributed by atoms with Crippen molar-refractivity contribution in [1.29, 1.82) is 0 Å². The van der Waals surface area contributed by atoms with Gasteiger partial charge in [-0.05, 0) is 42.8 Å². The van der Waals surface area contributed by atoms with Crippen molar-refractivity contribution < 1.29 is 9.53 Å². The van der Waals surface area contributed by atoms with E-state index in [-0.39, 0.29) is 5.88 Å². The van der Waals surface area contributed by atoms with Crippen molar-refractivity contribution in [3.05, 3.63) is 63.3 Å². The van der Waals surface area contributed by atoms with Gasteiger partial charge >= 0.3 is 6.09 Å². The summed E-state index contributed by atoms with van der Waals surface area (Å²) in [5.41, 5.74) is 1.54. The van der Waals surface area contributed by atoms with Crippen LogP contribution in [-0.4, -0.2) is 16.3 Å². The number of anilines is 1. The molecule has 0 radical (unpaired) electrons. The maximum absolute atomic E-state index is 12.3. The van der Waals surface area contributed by atoms with Crippen molar-refractivity contribution >= 4 is 34.3 Å². The number of amides is 1. The first-order valence-electron chi connectivity index (χ1n) is 6.76. The molecule has 0 aliphatic rings. The van der Waals surface area contributed by atoms with Crippen LogP contribution >= 0.6 is 11.6 Å². The highest BCUT2D eigenvalue weighted by Crippen LogP contribution is 2.16. The SMILES string of the molecule is Cc1cccc(NC(=O)Oc2n[nH]c3ccc(Cl)cc3c2=O)c1. The lowest BCUT2D eigenvalue weighted by Crippen LogP contribution is -2.22. The van der Waals surface area contributed by atoms with Crippen molar-refractivity contribution in [3.63, 3.8) is 0 Å². The molecule has 2 aromatic carbocycles. The molecule has 116 valence electrons. The summed E-state index contributed by atoms with van der Waals surface area (Å²) in [5, 5.41) is 9.67. The van der Waals surface area contributed by atoms with Gasteiger partial charge in [-0.3, -0.25) is 15.2 Å². The number of hydrogen-bond acceptors (Lipinski definition) is 4. The van der Waals surface area contributed by atoms with Gasteiger partial charge in [0, 0.05) is 10.7 Å². The van der Waals surface area contributed by atoms with Crippen LogP contribution < -0.4 is 15.5 Å². The molecule has 0 spiro atoms. The van der Waals surface area contributed by atoms with Gasteiger partial charge in [0.15, 0.2) is 0 Å². The second-order valence-corrected chi connectivity index (χ2v) is 5.37. The number of halogens is 1. The van der Waals surface area contributed by atoms with Gasteiger partial charge in [0.2, 0.25) is 0 Å². The lowest BCUT2D eigenvalue weighted by molar-refractivity contribution is 0.212. The fourth-order valence-corrected chi connectivity index (χ4v) is 2.27. The Morgan fingerprint density at radius 3 is 2.87 bits per heavy atom. The second-order valence-electron chi connectivity index (χ2n) is 4.93. The minimum absolute atomic E-state index is 0.297. The fraction of sp³-hybridized carbons (Fsp3) is 0.0625. The maximum atomic E-state index is 12.3. The van der Waals surface area contributed by atoms with E-state index in [1.54, 1.807) is 30.3 Å². The smallest absolute Gasteiger partial charge is 0.385 e. The lowest BCUT2D eigenvalue weighted by Gasteiger charge is -2.06. The first kappa shape index (κ1) is 15.1. The summed E-state index contributed by atoms with van der Waals surface area (Å²) < 4.78 is 4.99. The van der Waals surface area contributed by atoms with E-state index in [2.05, 4.69) is 15.5 Å². The van der Waals surface area contributed by atoms with Crippen molar-refractivity contribution in [2.75, 3.05) is 5.32 Å². The zero-order valence-corrected chi connectivity index (χ0v) is 12.8. The Labute approximate surface area is 136 Å². The molecule has 3 rings (SSSR count). The number of aromatic nitrogens is 2. The molecule has 0 fully saturated rings. The summed E-state index contributed by atoms with van der Waals surface area (Å²) >= 11 is 5.88. The summed E-state index contributed by atoms with van der Waals surface area (Å²) in [7, 11) is 0. The Morgan fingerprint density at radius 1 is 1.26 bits per heavy atom. The third kappa shape index (κ3) is 3.32. The molecule has 0 aliphatic carbocycles. The van der Waals surface area contributed by atoms with E-state index in [4.69, 9.17) is 16.3 Å². The lowest BCUT2D eigenvalue weighted by atomic mass is 10.2. The molecule has 0 atom stereocenters. The van der Waals surface area contributed by atoms with Crippen LogP contribution in [0.4, 0.5) is 10.5 Å². The number of ether oxygens (including phenoxy) is 1. The number of aromatic amines is 1. The average Bonchev–Trinajstić information content (AvgIpc) is 2.50. The Balaban J connectivity index is 1.85. The van der Waals surface area contributed by atoms with Crippen molar-refractivity contribution in [1.82, 2.24) is 10.2 Å². The molecule has 3 aromatic rings. The van der Waals surface area contributed by atoms with E-state index in [0.717, 1.165) is 5.56 Å².